The van der Waals surface area contributed by atoms with Crippen molar-refractivity contribution in [2.24, 2.45) is 5.92 Å². The first-order valence-corrected chi connectivity index (χ1v) is 10.3. The number of anilines is 1. The summed E-state index contributed by atoms with van der Waals surface area (Å²) in [5.74, 6) is -1.31. The molecule has 4 atom stereocenters. The van der Waals surface area contributed by atoms with Crippen LogP contribution in [-0.2, 0) is 9.59 Å². The van der Waals surface area contributed by atoms with Crippen molar-refractivity contribution in [1.82, 2.24) is 15.5 Å². The van der Waals surface area contributed by atoms with Crippen LogP contribution in [-0.4, -0.2) is 53.2 Å². The molecule has 4 heterocycles. The lowest BCUT2D eigenvalue weighted by Crippen LogP contribution is -2.54. The van der Waals surface area contributed by atoms with Crippen molar-refractivity contribution in [3.63, 3.8) is 0 Å². The number of hydrogen-bond donors (Lipinski definition) is 3. The van der Waals surface area contributed by atoms with E-state index in [2.05, 4.69) is 16.0 Å². The van der Waals surface area contributed by atoms with E-state index < -0.39 is 23.8 Å². The summed E-state index contributed by atoms with van der Waals surface area (Å²) in [6.45, 7) is 0.840. The molecule has 152 valence electrons. The van der Waals surface area contributed by atoms with E-state index in [1.165, 1.54) is 12.8 Å². The average molecular weight is 396 g/mol. The summed E-state index contributed by atoms with van der Waals surface area (Å²) >= 11 is 0. The number of nitrogens with one attached hydrogen (secondary N) is 3. The molecule has 3 N–H and O–H groups in total. The lowest BCUT2D eigenvalue weighted by Gasteiger charge is -2.29. The smallest absolute Gasteiger partial charge is 0.262 e. The summed E-state index contributed by atoms with van der Waals surface area (Å²) in [6, 6.07) is 5.49. The largest absolute Gasteiger partial charge is 0.385 e. The highest BCUT2D eigenvalue weighted by molar-refractivity contribution is 6.23. The second-order valence-corrected chi connectivity index (χ2v) is 8.56. The molecule has 0 aliphatic carbocycles. The maximum atomic E-state index is 12.9. The molecule has 3 fully saturated rings. The molecule has 3 saturated heterocycles. The molecule has 1 aromatic rings. The third-order valence-electron chi connectivity index (χ3n) is 6.61. The quantitative estimate of drug-likeness (QED) is 0.656. The number of carbonyl (C=O) groups excluding carboxylic acids is 4. The first kappa shape index (κ1) is 18.3. The van der Waals surface area contributed by atoms with Crippen LogP contribution >= 0.6 is 0 Å². The number of carbonyl (C=O) groups is 4. The summed E-state index contributed by atoms with van der Waals surface area (Å²) in [4.78, 5) is 50.1. The molecule has 0 spiro atoms. The van der Waals surface area contributed by atoms with Gasteiger partial charge >= 0.3 is 0 Å². The average Bonchev–Trinajstić information content (AvgIpc) is 3.17. The van der Waals surface area contributed by atoms with Crippen molar-refractivity contribution in [1.29, 1.82) is 0 Å². The Kier molecular flexibility index (Phi) is 4.38. The first-order valence-electron chi connectivity index (χ1n) is 10.3. The van der Waals surface area contributed by atoms with Crippen molar-refractivity contribution in [2.45, 2.75) is 56.7 Å². The Morgan fingerprint density at radius 3 is 2.41 bits per heavy atom. The van der Waals surface area contributed by atoms with Crippen LogP contribution in [0.1, 0.15) is 59.2 Å². The molecular formula is C21H24N4O4. The fraction of sp³-hybridized carbons (Fsp3) is 0.524. The second kappa shape index (κ2) is 6.95. The molecule has 0 radical (unpaired) electrons. The lowest BCUT2D eigenvalue weighted by atomic mass is 9.92. The minimum absolute atomic E-state index is 0.120. The van der Waals surface area contributed by atoms with Crippen LogP contribution < -0.4 is 16.0 Å². The molecule has 4 amide bonds. The Labute approximate surface area is 168 Å². The Balaban J connectivity index is 1.29. The maximum Gasteiger partial charge on any atom is 0.262 e. The van der Waals surface area contributed by atoms with Gasteiger partial charge in [0.15, 0.2) is 0 Å². The zero-order valence-corrected chi connectivity index (χ0v) is 16.1. The number of rotatable bonds is 4. The van der Waals surface area contributed by atoms with Gasteiger partial charge in [0.2, 0.25) is 11.8 Å². The number of imide groups is 2. The molecule has 1 aromatic carbocycles. The molecule has 0 aromatic heterocycles. The van der Waals surface area contributed by atoms with Gasteiger partial charge in [-0.3, -0.25) is 29.4 Å². The van der Waals surface area contributed by atoms with Gasteiger partial charge in [0.1, 0.15) is 6.04 Å². The fourth-order valence-corrected chi connectivity index (χ4v) is 5.18. The Bertz CT molecular complexity index is 902. The van der Waals surface area contributed by atoms with E-state index in [-0.39, 0.29) is 18.7 Å². The van der Waals surface area contributed by atoms with Crippen molar-refractivity contribution >= 4 is 29.3 Å². The van der Waals surface area contributed by atoms with Gasteiger partial charge in [-0.15, -0.1) is 0 Å². The minimum atomic E-state index is -0.929. The van der Waals surface area contributed by atoms with Crippen LogP contribution in [0.2, 0.25) is 0 Å². The molecule has 8 heteroatoms. The molecule has 4 aliphatic rings. The summed E-state index contributed by atoms with van der Waals surface area (Å²) in [6.07, 6.45) is 5.12. The van der Waals surface area contributed by atoms with E-state index in [1.54, 1.807) is 12.1 Å². The normalized spacial score (nSPS) is 31.1. The van der Waals surface area contributed by atoms with Crippen LogP contribution in [0.3, 0.4) is 0 Å². The van der Waals surface area contributed by atoms with Gasteiger partial charge in [-0.1, -0.05) is 0 Å². The fourth-order valence-electron chi connectivity index (χ4n) is 5.18. The van der Waals surface area contributed by atoms with Crippen molar-refractivity contribution in [2.75, 3.05) is 11.9 Å². The molecule has 4 aliphatic heterocycles. The van der Waals surface area contributed by atoms with Gasteiger partial charge in [-0.25, -0.2) is 0 Å². The molecule has 5 rings (SSSR count). The van der Waals surface area contributed by atoms with Crippen LogP contribution in [0.25, 0.3) is 0 Å². The number of amides is 4. The van der Waals surface area contributed by atoms with E-state index >= 15 is 0 Å². The Morgan fingerprint density at radius 2 is 1.69 bits per heavy atom. The van der Waals surface area contributed by atoms with E-state index in [9.17, 15) is 19.2 Å². The van der Waals surface area contributed by atoms with E-state index in [0.29, 0.717) is 29.1 Å². The number of nitrogens with zero attached hydrogens (tertiary/aromatic N) is 1. The van der Waals surface area contributed by atoms with Crippen LogP contribution in [0.5, 0.6) is 0 Å². The molecule has 2 unspecified atom stereocenters. The molecule has 0 saturated carbocycles. The summed E-state index contributed by atoms with van der Waals surface area (Å²) in [7, 11) is 0. The van der Waals surface area contributed by atoms with Crippen LogP contribution in [0.15, 0.2) is 18.2 Å². The lowest BCUT2D eigenvalue weighted by molar-refractivity contribution is -0.136. The van der Waals surface area contributed by atoms with E-state index in [0.717, 1.165) is 30.0 Å². The third kappa shape index (κ3) is 3.21. The van der Waals surface area contributed by atoms with Crippen molar-refractivity contribution in [3.8, 4) is 0 Å². The topological polar surface area (TPSA) is 108 Å². The Hall–Kier alpha value is -2.74. The highest BCUT2D eigenvalue weighted by Crippen LogP contribution is 2.32. The van der Waals surface area contributed by atoms with E-state index in [1.807, 2.05) is 6.07 Å². The standard InChI is InChI=1S/C21H24N4O4/c26-18-6-5-17(19(27)24-18)25-20(28)15-4-3-12(9-16(15)21(25)29)22-10-11-7-13-1-2-14(8-11)23-13/h3-4,9,11,13-14,17,22-23H,1-2,5-8,10H2,(H,24,26,27)/t11?,13-,14+,17?. The maximum absolute atomic E-state index is 12.9. The summed E-state index contributed by atoms with van der Waals surface area (Å²) < 4.78 is 0. The molecular weight excluding hydrogens is 372 g/mol. The Morgan fingerprint density at radius 1 is 0.966 bits per heavy atom. The highest BCUT2D eigenvalue weighted by atomic mass is 16.2. The predicted octanol–water partition coefficient (Wildman–Crippen LogP) is 1.03. The van der Waals surface area contributed by atoms with E-state index in [4.69, 9.17) is 0 Å². The van der Waals surface area contributed by atoms with Crippen LogP contribution in [0, 0.1) is 5.92 Å². The molecule has 8 nitrogen and oxygen atoms in total. The SMILES string of the molecule is O=C1CCC(N2C(=O)c3ccc(NCC4C[C@H]5CC[C@@H](C4)N5)cc3C2=O)C(=O)N1. The van der Waals surface area contributed by atoms with Gasteiger partial charge in [-0.05, 0) is 56.2 Å². The number of hydrogen-bond acceptors (Lipinski definition) is 6. The van der Waals surface area contributed by atoms with Crippen LogP contribution in [0.4, 0.5) is 5.69 Å². The zero-order chi connectivity index (χ0) is 20.1. The van der Waals surface area contributed by atoms with Crippen molar-refractivity contribution < 1.29 is 19.2 Å². The molecule has 29 heavy (non-hydrogen) atoms. The third-order valence-corrected chi connectivity index (χ3v) is 6.61. The first-order chi connectivity index (χ1) is 14.0. The van der Waals surface area contributed by atoms with Gasteiger partial charge in [-0.2, -0.15) is 0 Å². The van der Waals surface area contributed by atoms with Gasteiger partial charge < -0.3 is 10.6 Å². The summed E-state index contributed by atoms with van der Waals surface area (Å²) in [5, 5.41) is 9.27. The summed E-state index contributed by atoms with van der Waals surface area (Å²) in [5.41, 5.74) is 1.43. The predicted molar refractivity (Wildman–Crippen MR) is 104 cm³/mol. The minimum Gasteiger partial charge on any atom is -0.385 e. The van der Waals surface area contributed by atoms with Gasteiger partial charge in [0, 0.05) is 30.7 Å². The highest BCUT2D eigenvalue weighted by Gasteiger charge is 2.44. The number of benzene rings is 1. The van der Waals surface area contributed by atoms with Gasteiger partial charge in [0.25, 0.3) is 11.8 Å². The number of fused-ring (bicyclic) bond motifs is 3. The zero-order valence-electron chi connectivity index (χ0n) is 16.1. The monoisotopic (exact) mass is 396 g/mol. The molecule has 2 bridgehead atoms. The second-order valence-electron chi connectivity index (χ2n) is 8.56. The van der Waals surface area contributed by atoms with Gasteiger partial charge in [0.05, 0.1) is 11.1 Å². The number of piperidine rings is 2. The van der Waals surface area contributed by atoms with Crippen molar-refractivity contribution in [3.05, 3.63) is 29.3 Å².